The SMILES string of the molecule is COc1ccc(OC)c([N+](=O)[O-])c1-c1nc2n(c1/C=N/N=C(N)N)CCS2.Cl.Cl. The van der Waals surface area contributed by atoms with Gasteiger partial charge in [-0.3, -0.25) is 10.1 Å². The number of methoxy groups -OCH3 is 2. The number of nitro groups is 1. The molecule has 2 aromatic rings. The molecule has 0 aliphatic carbocycles. The standard InChI is InChI=1S/C15H17N7O4S.2ClH/c1-25-9-3-4-10(26-2)13(22(23)24)11(9)12-8(7-18-20-14(16)17)21-5-6-27-15(21)19-12;;/h3-4,7H,5-6H2,1-2H3,(H4,16,17,20);2*1H/b18-7+;;. The van der Waals surface area contributed by atoms with Gasteiger partial charge in [0.15, 0.2) is 10.9 Å². The van der Waals surface area contributed by atoms with Crippen LogP contribution in [0, 0.1) is 10.1 Å². The molecule has 1 aliphatic heterocycles. The first-order valence-corrected chi connectivity index (χ1v) is 8.71. The molecule has 0 fully saturated rings. The molecule has 2 heterocycles. The normalized spacial score (nSPS) is 11.9. The van der Waals surface area contributed by atoms with E-state index in [9.17, 15) is 10.1 Å². The second-order valence-corrected chi connectivity index (χ2v) is 6.41. The molecule has 1 aromatic carbocycles. The third-order valence-corrected chi connectivity index (χ3v) is 4.79. The Hall–Kier alpha value is -2.70. The molecule has 14 heteroatoms. The van der Waals surface area contributed by atoms with Crippen LogP contribution < -0.4 is 20.9 Å². The van der Waals surface area contributed by atoms with E-state index in [0.717, 1.165) is 10.9 Å². The highest BCUT2D eigenvalue weighted by Crippen LogP contribution is 2.46. The molecule has 11 nitrogen and oxygen atoms in total. The van der Waals surface area contributed by atoms with E-state index in [1.807, 2.05) is 4.57 Å². The first-order chi connectivity index (χ1) is 13.0. The van der Waals surface area contributed by atoms with Gasteiger partial charge in [-0.1, -0.05) is 11.8 Å². The largest absolute Gasteiger partial charge is 0.496 e. The van der Waals surface area contributed by atoms with E-state index in [1.54, 1.807) is 6.07 Å². The van der Waals surface area contributed by atoms with Gasteiger partial charge >= 0.3 is 5.69 Å². The third kappa shape index (κ3) is 4.66. The van der Waals surface area contributed by atoms with Crippen molar-refractivity contribution >= 4 is 54.4 Å². The number of hydrogen-bond donors (Lipinski definition) is 2. The number of rotatable bonds is 6. The van der Waals surface area contributed by atoms with E-state index < -0.39 is 4.92 Å². The van der Waals surface area contributed by atoms with Gasteiger partial charge in [-0.15, -0.1) is 29.9 Å². The number of nitro benzene ring substituents is 1. The lowest BCUT2D eigenvalue weighted by atomic mass is 10.1. The quantitative estimate of drug-likeness (QED) is 0.285. The summed E-state index contributed by atoms with van der Waals surface area (Å²) < 4.78 is 12.4. The van der Waals surface area contributed by atoms with Crippen molar-refractivity contribution in [1.29, 1.82) is 0 Å². The van der Waals surface area contributed by atoms with Gasteiger partial charge in [-0.25, -0.2) is 4.98 Å². The molecule has 0 bridgehead atoms. The van der Waals surface area contributed by atoms with Crippen molar-refractivity contribution in [3.63, 3.8) is 0 Å². The molecule has 0 atom stereocenters. The predicted molar refractivity (Wildman–Crippen MR) is 116 cm³/mol. The van der Waals surface area contributed by atoms with Crippen molar-refractivity contribution < 1.29 is 14.4 Å². The van der Waals surface area contributed by atoms with E-state index >= 15 is 0 Å². The summed E-state index contributed by atoms with van der Waals surface area (Å²) in [6.45, 7) is 0.677. The topological polar surface area (TPSA) is 156 Å². The Kier molecular flexibility index (Phi) is 8.55. The van der Waals surface area contributed by atoms with Crippen molar-refractivity contribution in [2.45, 2.75) is 11.7 Å². The van der Waals surface area contributed by atoms with Crippen LogP contribution in [-0.4, -0.2) is 46.6 Å². The average Bonchev–Trinajstić information content (AvgIpc) is 3.22. The summed E-state index contributed by atoms with van der Waals surface area (Å²) in [6, 6.07) is 3.07. The summed E-state index contributed by atoms with van der Waals surface area (Å²) in [7, 11) is 2.80. The minimum absolute atomic E-state index is 0. The van der Waals surface area contributed by atoms with Gasteiger partial charge in [0.25, 0.3) is 0 Å². The van der Waals surface area contributed by atoms with E-state index in [2.05, 4.69) is 15.2 Å². The Morgan fingerprint density at radius 2 is 1.97 bits per heavy atom. The van der Waals surface area contributed by atoms with Gasteiger partial charge in [-0.05, 0) is 12.1 Å². The van der Waals surface area contributed by atoms with E-state index in [4.69, 9.17) is 20.9 Å². The first-order valence-electron chi connectivity index (χ1n) is 7.73. The van der Waals surface area contributed by atoms with Crippen LogP contribution in [0.25, 0.3) is 11.3 Å². The Balaban J connectivity index is 0.00000210. The predicted octanol–water partition coefficient (Wildman–Crippen LogP) is 2.03. The van der Waals surface area contributed by atoms with E-state index in [0.29, 0.717) is 23.7 Å². The maximum atomic E-state index is 11.8. The lowest BCUT2D eigenvalue weighted by Gasteiger charge is -2.11. The van der Waals surface area contributed by atoms with Crippen LogP contribution in [0.4, 0.5) is 5.69 Å². The van der Waals surface area contributed by atoms with Gasteiger partial charge in [0, 0.05) is 12.3 Å². The number of aromatic nitrogens is 2. The van der Waals surface area contributed by atoms with Crippen LogP contribution >= 0.6 is 36.6 Å². The van der Waals surface area contributed by atoms with E-state index in [1.165, 1.54) is 38.3 Å². The fourth-order valence-corrected chi connectivity index (χ4v) is 3.72. The summed E-state index contributed by atoms with van der Waals surface area (Å²) in [6.07, 6.45) is 1.42. The zero-order valence-corrected chi connectivity index (χ0v) is 17.8. The molecule has 0 unspecified atom stereocenters. The highest BCUT2D eigenvalue weighted by Gasteiger charge is 2.32. The first kappa shape index (κ1) is 24.3. The van der Waals surface area contributed by atoms with Crippen LogP contribution in [0.15, 0.2) is 27.5 Å². The molecule has 29 heavy (non-hydrogen) atoms. The number of hydrogen-bond acceptors (Lipinski definition) is 8. The molecule has 0 saturated heterocycles. The summed E-state index contributed by atoms with van der Waals surface area (Å²) in [5, 5.41) is 19.9. The summed E-state index contributed by atoms with van der Waals surface area (Å²) in [4.78, 5) is 15.8. The molecule has 1 aromatic heterocycles. The lowest BCUT2D eigenvalue weighted by molar-refractivity contribution is -0.385. The number of ether oxygens (including phenoxy) is 2. The van der Waals surface area contributed by atoms with Crippen LogP contribution in [0.2, 0.25) is 0 Å². The number of fused-ring (bicyclic) bond motifs is 1. The average molecular weight is 464 g/mol. The number of benzene rings is 1. The molecular weight excluding hydrogens is 445 g/mol. The number of nitrogens with two attached hydrogens (primary N) is 2. The molecular formula is C15H19Cl2N7O4S. The monoisotopic (exact) mass is 463 g/mol. The van der Waals surface area contributed by atoms with Gasteiger partial charge in [-0.2, -0.15) is 5.10 Å². The highest BCUT2D eigenvalue weighted by atomic mass is 35.5. The van der Waals surface area contributed by atoms with Crippen LogP contribution in [-0.2, 0) is 6.54 Å². The number of imidazole rings is 1. The number of guanidine groups is 1. The zero-order valence-electron chi connectivity index (χ0n) is 15.4. The molecule has 1 aliphatic rings. The second kappa shape index (κ2) is 10.2. The fourth-order valence-electron chi connectivity index (χ4n) is 2.76. The van der Waals surface area contributed by atoms with Crippen LogP contribution in [0.3, 0.4) is 0 Å². The Morgan fingerprint density at radius 3 is 2.55 bits per heavy atom. The zero-order chi connectivity index (χ0) is 19.6. The summed E-state index contributed by atoms with van der Waals surface area (Å²) in [5.74, 6) is 1.03. The maximum Gasteiger partial charge on any atom is 0.324 e. The van der Waals surface area contributed by atoms with Crippen molar-refractivity contribution in [3.05, 3.63) is 27.9 Å². The smallest absolute Gasteiger partial charge is 0.324 e. The third-order valence-electron chi connectivity index (χ3n) is 3.83. The Bertz CT molecular complexity index is 961. The van der Waals surface area contributed by atoms with Crippen LogP contribution in [0.5, 0.6) is 11.5 Å². The van der Waals surface area contributed by atoms with Crippen molar-refractivity contribution in [2.24, 2.45) is 21.7 Å². The molecule has 3 rings (SSSR count). The molecule has 0 amide bonds. The highest BCUT2D eigenvalue weighted by molar-refractivity contribution is 7.99. The molecule has 0 radical (unpaired) electrons. The minimum Gasteiger partial charge on any atom is -0.496 e. The van der Waals surface area contributed by atoms with Crippen molar-refractivity contribution in [1.82, 2.24) is 9.55 Å². The summed E-state index contributed by atoms with van der Waals surface area (Å²) in [5.41, 5.74) is 11.4. The van der Waals surface area contributed by atoms with Gasteiger partial charge in [0.1, 0.15) is 17.0 Å². The molecule has 0 saturated carbocycles. The Morgan fingerprint density at radius 1 is 1.31 bits per heavy atom. The lowest BCUT2D eigenvalue weighted by Crippen LogP contribution is -2.21. The Labute approximate surface area is 182 Å². The summed E-state index contributed by atoms with van der Waals surface area (Å²) >= 11 is 1.54. The molecule has 0 spiro atoms. The van der Waals surface area contributed by atoms with Crippen molar-refractivity contribution in [3.8, 4) is 22.8 Å². The van der Waals surface area contributed by atoms with Gasteiger partial charge < -0.3 is 25.5 Å². The van der Waals surface area contributed by atoms with E-state index in [-0.39, 0.29) is 47.8 Å². The number of halogens is 2. The molecule has 4 N–H and O–H groups in total. The molecule has 158 valence electrons. The van der Waals surface area contributed by atoms with Crippen LogP contribution in [0.1, 0.15) is 5.69 Å². The number of nitrogens with zero attached hydrogens (tertiary/aromatic N) is 5. The fraction of sp³-hybridized carbons (Fsp3) is 0.267. The van der Waals surface area contributed by atoms with Gasteiger partial charge in [0.2, 0.25) is 5.96 Å². The maximum absolute atomic E-state index is 11.8. The van der Waals surface area contributed by atoms with Crippen molar-refractivity contribution in [2.75, 3.05) is 20.0 Å². The van der Waals surface area contributed by atoms with Gasteiger partial charge in [0.05, 0.1) is 31.1 Å². The second-order valence-electron chi connectivity index (χ2n) is 5.35. The minimum atomic E-state index is -0.523. The number of thioether (sulfide) groups is 1.